The van der Waals surface area contributed by atoms with Gasteiger partial charge in [-0.1, -0.05) is 0 Å². The van der Waals surface area contributed by atoms with E-state index in [4.69, 9.17) is 0 Å². The van der Waals surface area contributed by atoms with E-state index in [9.17, 15) is 4.79 Å². The molecule has 9 heavy (non-hydrogen) atoms. The van der Waals surface area contributed by atoms with E-state index in [2.05, 4.69) is 5.32 Å². The Kier molecular flexibility index (Phi) is 2.28. The Bertz CT molecular complexity index is 110. The van der Waals surface area contributed by atoms with Crippen molar-refractivity contribution < 1.29 is 4.79 Å². The Morgan fingerprint density at radius 2 is 2.00 bits per heavy atom. The topological polar surface area (TPSA) is 29.1 Å². The molecule has 0 aliphatic carbocycles. The predicted octanol–water partition coefficient (Wildman–Crippen LogP) is -0.854. The van der Waals surface area contributed by atoms with E-state index >= 15 is 0 Å². The zero-order valence-corrected chi connectivity index (χ0v) is 5.81. The Morgan fingerprint density at radius 3 is 2.33 bits per heavy atom. The van der Waals surface area contributed by atoms with E-state index in [1.54, 1.807) is 7.85 Å². The van der Waals surface area contributed by atoms with Crippen LogP contribution >= 0.6 is 0 Å². The van der Waals surface area contributed by atoms with Gasteiger partial charge in [-0.05, 0) is 25.9 Å². The third-order valence-electron chi connectivity index (χ3n) is 1.91. The molecule has 0 saturated carbocycles. The summed E-state index contributed by atoms with van der Waals surface area (Å²) in [6.07, 6.45) is 2.07. The molecule has 0 aromatic heterocycles. The minimum Gasteiger partial charge on any atom is -0.317 e. The molecule has 0 spiro atoms. The van der Waals surface area contributed by atoms with Crippen molar-refractivity contribution in [3.63, 3.8) is 0 Å². The van der Waals surface area contributed by atoms with Gasteiger partial charge in [-0.15, -0.1) is 0 Å². The molecule has 0 atom stereocenters. The zero-order chi connectivity index (χ0) is 6.69. The van der Waals surface area contributed by atoms with Crippen molar-refractivity contribution >= 4 is 13.5 Å². The third-order valence-corrected chi connectivity index (χ3v) is 1.91. The summed E-state index contributed by atoms with van der Waals surface area (Å²) >= 11 is 0. The number of carbonyl (C=O) groups is 1. The molecule has 1 saturated heterocycles. The van der Waals surface area contributed by atoms with Crippen LogP contribution < -0.4 is 5.32 Å². The maximum Gasteiger partial charge on any atom is 0.187 e. The van der Waals surface area contributed by atoms with E-state index in [1.807, 2.05) is 0 Å². The Labute approximate surface area is 56.4 Å². The van der Waals surface area contributed by atoms with Gasteiger partial charge in [0.15, 0.2) is 7.85 Å². The first-order valence-electron chi connectivity index (χ1n) is 3.52. The second-order valence-corrected chi connectivity index (χ2v) is 2.63. The molecule has 0 bridgehead atoms. The van der Waals surface area contributed by atoms with Gasteiger partial charge in [0.05, 0.1) is 5.68 Å². The van der Waals surface area contributed by atoms with Crippen LogP contribution in [0.1, 0.15) is 12.8 Å². The monoisotopic (exact) mass is 125 g/mol. The quantitative estimate of drug-likeness (QED) is 0.462. The van der Waals surface area contributed by atoms with Gasteiger partial charge in [-0.2, -0.15) is 0 Å². The smallest absolute Gasteiger partial charge is 0.187 e. The Hall–Kier alpha value is -0.305. The van der Waals surface area contributed by atoms with Crippen LogP contribution in [0.4, 0.5) is 0 Å². The zero-order valence-electron chi connectivity index (χ0n) is 5.81. The molecule has 0 aromatic carbocycles. The fourth-order valence-corrected chi connectivity index (χ4v) is 1.23. The van der Waals surface area contributed by atoms with Crippen molar-refractivity contribution in [2.45, 2.75) is 12.8 Å². The van der Waals surface area contributed by atoms with E-state index in [1.165, 1.54) is 0 Å². The number of hydrogen-bond donors (Lipinski definition) is 1. The second-order valence-electron chi connectivity index (χ2n) is 2.63. The summed E-state index contributed by atoms with van der Waals surface area (Å²) in [6.45, 7) is 2.04. The maximum absolute atomic E-state index is 10.8. The van der Waals surface area contributed by atoms with Crippen LogP contribution in [-0.2, 0) is 4.79 Å². The van der Waals surface area contributed by atoms with Gasteiger partial charge in [0.25, 0.3) is 0 Å². The summed E-state index contributed by atoms with van der Waals surface area (Å²) in [4.78, 5) is 10.8. The van der Waals surface area contributed by atoms with Crippen LogP contribution in [-0.4, -0.2) is 26.6 Å². The molecular weight excluding hydrogens is 113 g/mol. The van der Waals surface area contributed by atoms with Crippen LogP contribution in [0, 0.1) is 5.92 Å². The molecule has 0 unspecified atom stereocenters. The van der Waals surface area contributed by atoms with Gasteiger partial charge < -0.3 is 10.1 Å². The van der Waals surface area contributed by atoms with Crippen molar-refractivity contribution in [1.29, 1.82) is 0 Å². The average molecular weight is 125 g/mol. The highest BCUT2D eigenvalue weighted by atomic mass is 16.1. The fourth-order valence-electron chi connectivity index (χ4n) is 1.23. The molecule has 1 N–H and O–H groups in total. The highest BCUT2D eigenvalue weighted by molar-refractivity contribution is 6.58. The molecule has 0 radical (unpaired) electrons. The highest BCUT2D eigenvalue weighted by Crippen LogP contribution is 2.10. The summed E-state index contributed by atoms with van der Waals surface area (Å²) in [5.41, 5.74) is 0.358. The number of piperidine rings is 1. The minimum absolute atomic E-state index is 0.353. The van der Waals surface area contributed by atoms with Gasteiger partial charge >= 0.3 is 0 Å². The molecule has 1 heterocycles. The largest absolute Gasteiger partial charge is 0.317 e. The molecule has 1 aliphatic heterocycles. The van der Waals surface area contributed by atoms with Crippen molar-refractivity contribution in [3.05, 3.63) is 0 Å². The number of carbonyl (C=O) groups excluding carboxylic acids is 1. The standard InChI is InChI=1S/C6H12BNO/c7-6(9)5-1-3-8-4-2-5/h5,8H,1-4,7H2. The van der Waals surface area contributed by atoms with E-state index in [-0.39, 0.29) is 0 Å². The maximum atomic E-state index is 10.8. The Morgan fingerprint density at radius 1 is 1.44 bits per heavy atom. The Balaban J connectivity index is 2.31. The summed E-state index contributed by atoms with van der Waals surface area (Å²) < 4.78 is 0. The molecule has 0 aromatic rings. The van der Waals surface area contributed by atoms with Gasteiger partial charge in [0, 0.05) is 5.92 Å². The summed E-state index contributed by atoms with van der Waals surface area (Å²) in [5.74, 6) is 0.353. The molecule has 0 amide bonds. The lowest BCUT2D eigenvalue weighted by molar-refractivity contribution is -0.115. The molecule has 2 nitrogen and oxygen atoms in total. The summed E-state index contributed by atoms with van der Waals surface area (Å²) in [6, 6.07) is 0. The predicted molar refractivity (Wildman–Crippen MR) is 39.1 cm³/mol. The first kappa shape index (κ1) is 6.81. The fraction of sp³-hybridized carbons (Fsp3) is 0.833. The molecule has 1 rings (SSSR count). The normalized spacial score (nSPS) is 21.8. The van der Waals surface area contributed by atoms with Crippen LogP contribution in [0.25, 0.3) is 0 Å². The summed E-state index contributed by atoms with van der Waals surface area (Å²) in [5, 5.41) is 3.22. The number of hydrogen-bond acceptors (Lipinski definition) is 2. The molecule has 3 heteroatoms. The lowest BCUT2D eigenvalue weighted by Gasteiger charge is -2.19. The first-order chi connectivity index (χ1) is 4.30. The van der Waals surface area contributed by atoms with Crippen LogP contribution in [0.2, 0.25) is 0 Å². The van der Waals surface area contributed by atoms with E-state index in [0.29, 0.717) is 11.6 Å². The third kappa shape index (κ3) is 1.82. The van der Waals surface area contributed by atoms with Crippen LogP contribution in [0.15, 0.2) is 0 Å². The van der Waals surface area contributed by atoms with Gasteiger partial charge in [-0.3, -0.25) is 0 Å². The number of rotatable bonds is 1. The molecule has 50 valence electrons. The molecular formula is C6H12BNO. The lowest BCUT2D eigenvalue weighted by atomic mass is 9.83. The average Bonchev–Trinajstić information content (AvgIpc) is 1.90. The van der Waals surface area contributed by atoms with Crippen molar-refractivity contribution in [2.24, 2.45) is 5.92 Å². The van der Waals surface area contributed by atoms with Crippen molar-refractivity contribution in [2.75, 3.05) is 13.1 Å². The van der Waals surface area contributed by atoms with Gasteiger partial charge in [0.1, 0.15) is 0 Å². The summed E-state index contributed by atoms with van der Waals surface area (Å²) in [7, 11) is 1.69. The van der Waals surface area contributed by atoms with Crippen molar-refractivity contribution in [1.82, 2.24) is 5.32 Å². The van der Waals surface area contributed by atoms with Crippen molar-refractivity contribution in [3.8, 4) is 0 Å². The SMILES string of the molecule is BC(=O)C1CCNCC1. The molecule has 1 fully saturated rings. The van der Waals surface area contributed by atoms with Gasteiger partial charge in [0.2, 0.25) is 0 Å². The van der Waals surface area contributed by atoms with Crippen LogP contribution in [0.5, 0.6) is 0 Å². The van der Waals surface area contributed by atoms with E-state index < -0.39 is 0 Å². The number of nitrogens with one attached hydrogen (secondary N) is 1. The van der Waals surface area contributed by atoms with E-state index in [0.717, 1.165) is 25.9 Å². The van der Waals surface area contributed by atoms with Gasteiger partial charge in [-0.25, -0.2) is 0 Å². The molecule has 1 aliphatic rings. The minimum atomic E-state index is 0.353. The second kappa shape index (κ2) is 3.02. The van der Waals surface area contributed by atoms with Crippen LogP contribution in [0.3, 0.4) is 0 Å². The first-order valence-corrected chi connectivity index (χ1v) is 3.52. The highest BCUT2D eigenvalue weighted by Gasteiger charge is 2.15. The lowest BCUT2D eigenvalue weighted by Crippen LogP contribution is -2.31.